The van der Waals surface area contributed by atoms with Crippen LogP contribution in [0.2, 0.25) is 5.02 Å². The van der Waals surface area contributed by atoms with Gasteiger partial charge in [0.2, 0.25) is 5.91 Å². The molecule has 1 aromatic carbocycles. The van der Waals surface area contributed by atoms with Gasteiger partial charge in [-0.3, -0.25) is 4.79 Å². The molecule has 1 unspecified atom stereocenters. The second-order valence-electron chi connectivity index (χ2n) is 8.89. The summed E-state index contributed by atoms with van der Waals surface area (Å²) in [6.45, 7) is 8.55. The van der Waals surface area contributed by atoms with E-state index < -0.39 is 22.7 Å². The molecule has 178 valence electrons. The molecule has 1 atom stereocenters. The number of carbonyl (C=O) groups is 1. The van der Waals surface area contributed by atoms with Gasteiger partial charge in [-0.25, -0.2) is 24.2 Å². The molecule has 1 fully saturated rings. The number of likely N-dealkylation sites (tertiary alicyclic amines) is 1. The molecule has 6 nitrogen and oxygen atoms in total. The van der Waals surface area contributed by atoms with Crippen LogP contribution in [0, 0.1) is 11.6 Å². The predicted molar refractivity (Wildman–Crippen MR) is 125 cm³/mol. The van der Waals surface area contributed by atoms with Gasteiger partial charge in [0.1, 0.15) is 34.3 Å². The van der Waals surface area contributed by atoms with Crippen molar-refractivity contribution in [1.82, 2.24) is 20.2 Å². The van der Waals surface area contributed by atoms with E-state index in [0.717, 1.165) is 51.1 Å². The van der Waals surface area contributed by atoms with E-state index >= 15 is 0 Å². The van der Waals surface area contributed by atoms with Crippen LogP contribution >= 0.6 is 11.6 Å². The first-order valence-electron chi connectivity index (χ1n) is 11.6. The molecule has 0 radical (unpaired) electrons. The van der Waals surface area contributed by atoms with Crippen molar-refractivity contribution < 1.29 is 13.6 Å². The zero-order chi connectivity index (χ0) is 23.7. The largest absolute Gasteiger partial charge is 0.354 e. The fourth-order valence-corrected chi connectivity index (χ4v) is 4.57. The number of hydrazine groups is 1. The highest BCUT2D eigenvalue weighted by Gasteiger charge is 2.37. The second-order valence-corrected chi connectivity index (χ2v) is 9.27. The molecule has 1 aromatic rings. The highest BCUT2D eigenvalue weighted by molar-refractivity contribution is 6.31. The molecule has 9 heteroatoms. The maximum atomic E-state index is 14.2. The van der Waals surface area contributed by atoms with Gasteiger partial charge in [-0.2, -0.15) is 0 Å². The van der Waals surface area contributed by atoms with Crippen molar-refractivity contribution in [3.63, 3.8) is 0 Å². The summed E-state index contributed by atoms with van der Waals surface area (Å²) in [5.41, 5.74) is 4.00. The molecule has 1 amide bonds. The molecule has 3 aliphatic rings. The van der Waals surface area contributed by atoms with Gasteiger partial charge in [0.05, 0.1) is 5.71 Å². The summed E-state index contributed by atoms with van der Waals surface area (Å²) < 4.78 is 28.4. The highest BCUT2D eigenvalue weighted by atomic mass is 35.5. The zero-order valence-electron chi connectivity index (χ0n) is 19.2. The van der Waals surface area contributed by atoms with E-state index in [9.17, 15) is 13.6 Å². The van der Waals surface area contributed by atoms with Crippen LogP contribution < -0.4 is 5.43 Å². The lowest BCUT2D eigenvalue weighted by Gasteiger charge is -2.39. The molecule has 0 aromatic heterocycles. The number of nitrogens with zero attached hydrogens (tertiary/aromatic N) is 4. The van der Waals surface area contributed by atoms with E-state index in [1.807, 2.05) is 9.91 Å². The van der Waals surface area contributed by atoms with E-state index in [0.29, 0.717) is 17.1 Å². The number of rotatable bonds is 6. The normalized spacial score (nSPS) is 20.5. The van der Waals surface area contributed by atoms with Crippen molar-refractivity contribution in [3.8, 4) is 0 Å². The van der Waals surface area contributed by atoms with Gasteiger partial charge in [-0.1, -0.05) is 18.5 Å². The van der Waals surface area contributed by atoms with Gasteiger partial charge in [0.25, 0.3) is 0 Å². The zero-order valence-corrected chi connectivity index (χ0v) is 20.0. The second kappa shape index (κ2) is 9.81. The number of hydrogen-bond donors (Lipinski definition) is 1. The summed E-state index contributed by atoms with van der Waals surface area (Å²) in [7, 11) is 0. The molecule has 3 heterocycles. The van der Waals surface area contributed by atoms with Crippen molar-refractivity contribution in [2.75, 3.05) is 19.6 Å². The fraction of sp³-hybridized carbons (Fsp3) is 0.500. The molecular weight excluding hydrogens is 448 g/mol. The third kappa shape index (κ3) is 4.77. The smallest absolute Gasteiger partial charge is 0.245 e. The number of fused-ring (bicyclic) bond motifs is 1. The Kier molecular flexibility index (Phi) is 7.05. The average molecular weight is 478 g/mol. The summed E-state index contributed by atoms with van der Waals surface area (Å²) in [4.78, 5) is 21.9. The predicted octanol–water partition coefficient (Wildman–Crippen LogP) is 4.43. The number of carbonyl (C=O) groups excluding carboxylic acids is 1. The van der Waals surface area contributed by atoms with Crippen molar-refractivity contribution in [2.45, 2.75) is 58.5 Å². The summed E-state index contributed by atoms with van der Waals surface area (Å²) in [6, 6.07) is 1.99. The minimum atomic E-state index is -0.835. The van der Waals surface area contributed by atoms with Crippen LogP contribution in [-0.4, -0.2) is 58.1 Å². The Morgan fingerprint density at radius 1 is 1.24 bits per heavy atom. The topological polar surface area (TPSA) is 51.2 Å². The molecule has 0 aliphatic carbocycles. The molecule has 1 N–H and O–H groups in total. The molecule has 0 spiro atoms. The molecule has 3 aliphatic heterocycles. The molecule has 1 saturated heterocycles. The Hall–Kier alpha value is -2.45. The summed E-state index contributed by atoms with van der Waals surface area (Å²) in [6.07, 6.45) is 7.67. The van der Waals surface area contributed by atoms with E-state index in [1.165, 1.54) is 12.1 Å². The van der Waals surface area contributed by atoms with Crippen LogP contribution in [0.3, 0.4) is 0 Å². The van der Waals surface area contributed by atoms with Crippen LogP contribution in [0.25, 0.3) is 0 Å². The molecule has 0 bridgehead atoms. The SMILES string of the molecule is CCCN(C1=CC(c2cc(F)c(Cl)c(F)c2)=NC2=CC(C(=O)N3CCCCC3)NN21)C(C)C. The lowest BCUT2D eigenvalue weighted by Crippen LogP contribution is -2.51. The van der Waals surface area contributed by atoms with Crippen LogP contribution in [-0.2, 0) is 4.79 Å². The minimum Gasteiger partial charge on any atom is -0.354 e. The van der Waals surface area contributed by atoms with Crippen molar-refractivity contribution in [3.05, 3.63) is 58.1 Å². The van der Waals surface area contributed by atoms with Gasteiger partial charge in [-0.15, -0.1) is 0 Å². The average Bonchev–Trinajstić information content (AvgIpc) is 3.24. The summed E-state index contributed by atoms with van der Waals surface area (Å²) in [5, 5.41) is 1.28. The third-order valence-electron chi connectivity index (χ3n) is 6.14. The number of hydrogen-bond acceptors (Lipinski definition) is 5. The number of halogens is 3. The van der Waals surface area contributed by atoms with Crippen molar-refractivity contribution in [2.24, 2.45) is 4.99 Å². The van der Waals surface area contributed by atoms with Crippen LogP contribution in [0.1, 0.15) is 52.0 Å². The van der Waals surface area contributed by atoms with E-state index in [4.69, 9.17) is 11.6 Å². The van der Waals surface area contributed by atoms with E-state index in [2.05, 4.69) is 36.1 Å². The van der Waals surface area contributed by atoms with Gasteiger partial charge in [0.15, 0.2) is 0 Å². The standard InChI is InChI=1S/C24H30ClF2N5O/c1-4-8-31(15(2)3)22-14-19(16-11-17(26)23(25)18(27)12-16)28-21-13-20(29-32(21)22)24(33)30-9-6-5-7-10-30/h11-15,20,29H,4-10H2,1-3H3. The van der Waals surface area contributed by atoms with Crippen LogP contribution in [0.4, 0.5) is 8.78 Å². The van der Waals surface area contributed by atoms with Gasteiger partial charge >= 0.3 is 0 Å². The van der Waals surface area contributed by atoms with Crippen LogP contribution in [0.5, 0.6) is 0 Å². The highest BCUT2D eigenvalue weighted by Crippen LogP contribution is 2.30. The van der Waals surface area contributed by atoms with E-state index in [1.54, 1.807) is 12.2 Å². The third-order valence-corrected chi connectivity index (χ3v) is 6.50. The molecule has 0 saturated carbocycles. The monoisotopic (exact) mass is 477 g/mol. The quantitative estimate of drug-likeness (QED) is 0.616. The van der Waals surface area contributed by atoms with Gasteiger partial charge < -0.3 is 9.80 Å². The van der Waals surface area contributed by atoms with Crippen molar-refractivity contribution >= 4 is 23.2 Å². The first-order chi connectivity index (χ1) is 15.8. The maximum absolute atomic E-state index is 14.2. The summed E-state index contributed by atoms with van der Waals surface area (Å²) in [5.74, 6) is -0.332. The minimum absolute atomic E-state index is 0.0165. The first kappa shape index (κ1) is 23.7. The molecule has 33 heavy (non-hydrogen) atoms. The molecular formula is C24H30ClF2N5O. The Labute approximate surface area is 198 Å². The Bertz CT molecular complexity index is 993. The summed E-state index contributed by atoms with van der Waals surface area (Å²) >= 11 is 5.68. The Morgan fingerprint density at radius 2 is 1.91 bits per heavy atom. The number of amides is 1. The lowest BCUT2D eigenvalue weighted by atomic mass is 10.1. The number of nitrogens with one attached hydrogen (secondary N) is 1. The molecule has 4 rings (SSSR count). The number of benzene rings is 1. The first-order valence-corrected chi connectivity index (χ1v) is 12.0. The van der Waals surface area contributed by atoms with Gasteiger partial charge in [-0.05, 0) is 57.7 Å². The van der Waals surface area contributed by atoms with Crippen molar-refractivity contribution in [1.29, 1.82) is 0 Å². The maximum Gasteiger partial charge on any atom is 0.245 e. The van der Waals surface area contributed by atoms with Gasteiger partial charge in [0, 0.05) is 37.3 Å². The number of piperidine rings is 1. The Balaban J connectivity index is 1.73. The fourth-order valence-electron chi connectivity index (χ4n) is 4.46. The van der Waals surface area contributed by atoms with E-state index in [-0.39, 0.29) is 11.9 Å². The van der Waals surface area contributed by atoms with Crippen LogP contribution in [0.15, 0.2) is 40.9 Å². The number of allylic oxidation sites excluding steroid dienone is 1. The Morgan fingerprint density at radius 3 is 2.52 bits per heavy atom. The number of aliphatic imine (C=N–C) groups is 1. The lowest BCUT2D eigenvalue weighted by molar-refractivity contribution is -0.133.